The SMILES string of the molecule is O=C(NCCCOCC1CC1)NCc1cccs1. The zero-order valence-electron chi connectivity index (χ0n) is 10.5. The van der Waals surface area contributed by atoms with E-state index >= 15 is 0 Å². The average molecular weight is 268 g/mol. The Kier molecular flexibility index (Phi) is 5.48. The first-order chi connectivity index (χ1) is 8.84. The Balaban J connectivity index is 1.41. The number of amides is 2. The molecule has 0 atom stereocenters. The smallest absolute Gasteiger partial charge is 0.315 e. The monoisotopic (exact) mass is 268 g/mol. The molecule has 1 aromatic heterocycles. The molecule has 0 radical (unpaired) electrons. The number of carbonyl (C=O) groups excluding carboxylic acids is 1. The molecule has 5 heteroatoms. The van der Waals surface area contributed by atoms with Crippen LogP contribution in [0.15, 0.2) is 17.5 Å². The van der Waals surface area contributed by atoms with E-state index in [0.29, 0.717) is 13.1 Å². The molecule has 0 unspecified atom stereocenters. The highest BCUT2D eigenvalue weighted by Gasteiger charge is 2.20. The molecule has 2 N–H and O–H groups in total. The van der Waals surface area contributed by atoms with E-state index < -0.39 is 0 Å². The van der Waals surface area contributed by atoms with E-state index in [1.807, 2.05) is 17.5 Å². The molecule has 0 saturated heterocycles. The zero-order chi connectivity index (χ0) is 12.6. The van der Waals surface area contributed by atoms with Crippen molar-refractivity contribution >= 4 is 17.4 Å². The summed E-state index contributed by atoms with van der Waals surface area (Å²) in [7, 11) is 0. The minimum Gasteiger partial charge on any atom is -0.381 e. The van der Waals surface area contributed by atoms with Gasteiger partial charge in [-0.25, -0.2) is 4.79 Å². The van der Waals surface area contributed by atoms with Gasteiger partial charge >= 0.3 is 6.03 Å². The number of urea groups is 1. The first kappa shape index (κ1) is 13.4. The molecule has 4 nitrogen and oxygen atoms in total. The van der Waals surface area contributed by atoms with Crippen molar-refractivity contribution in [1.82, 2.24) is 10.6 Å². The lowest BCUT2D eigenvalue weighted by Gasteiger charge is -2.07. The number of nitrogens with one attached hydrogen (secondary N) is 2. The van der Waals surface area contributed by atoms with Crippen molar-refractivity contribution in [2.24, 2.45) is 5.92 Å². The minimum absolute atomic E-state index is 0.106. The van der Waals surface area contributed by atoms with Gasteiger partial charge in [-0.15, -0.1) is 11.3 Å². The molecule has 18 heavy (non-hydrogen) atoms. The summed E-state index contributed by atoms with van der Waals surface area (Å²) in [5.74, 6) is 0.812. The maximum atomic E-state index is 11.4. The summed E-state index contributed by atoms with van der Waals surface area (Å²) < 4.78 is 5.49. The van der Waals surface area contributed by atoms with E-state index in [0.717, 1.165) is 30.4 Å². The molecule has 0 aliphatic heterocycles. The van der Waals surface area contributed by atoms with Crippen LogP contribution in [0.1, 0.15) is 24.1 Å². The van der Waals surface area contributed by atoms with Gasteiger partial charge in [0.25, 0.3) is 0 Å². The molecule has 0 spiro atoms. The third-order valence-electron chi connectivity index (χ3n) is 2.80. The van der Waals surface area contributed by atoms with Crippen molar-refractivity contribution < 1.29 is 9.53 Å². The van der Waals surface area contributed by atoms with E-state index in [1.54, 1.807) is 11.3 Å². The molecule has 1 saturated carbocycles. The quantitative estimate of drug-likeness (QED) is 0.711. The molecule has 2 rings (SSSR count). The van der Waals surface area contributed by atoms with Gasteiger partial charge < -0.3 is 15.4 Å². The van der Waals surface area contributed by atoms with Crippen LogP contribution in [-0.2, 0) is 11.3 Å². The van der Waals surface area contributed by atoms with Crippen LogP contribution in [0.3, 0.4) is 0 Å². The van der Waals surface area contributed by atoms with Crippen LogP contribution in [0.4, 0.5) is 4.79 Å². The summed E-state index contributed by atoms with van der Waals surface area (Å²) in [6.45, 7) is 2.90. The molecular formula is C13H20N2O2S. The lowest BCUT2D eigenvalue weighted by Crippen LogP contribution is -2.35. The highest BCUT2D eigenvalue weighted by molar-refractivity contribution is 7.09. The van der Waals surface area contributed by atoms with Gasteiger partial charge in [0.15, 0.2) is 0 Å². The lowest BCUT2D eigenvalue weighted by atomic mass is 10.4. The van der Waals surface area contributed by atoms with Crippen LogP contribution in [0.5, 0.6) is 0 Å². The second kappa shape index (κ2) is 7.38. The predicted molar refractivity (Wildman–Crippen MR) is 72.7 cm³/mol. The van der Waals surface area contributed by atoms with E-state index in [2.05, 4.69) is 10.6 Å². The Bertz CT molecular complexity index is 350. The van der Waals surface area contributed by atoms with Gasteiger partial charge in [-0.3, -0.25) is 0 Å². The Hall–Kier alpha value is -1.07. The van der Waals surface area contributed by atoms with Gasteiger partial charge in [-0.05, 0) is 36.6 Å². The topological polar surface area (TPSA) is 50.4 Å². The van der Waals surface area contributed by atoms with Crippen LogP contribution >= 0.6 is 11.3 Å². The van der Waals surface area contributed by atoms with Crippen molar-refractivity contribution in [2.45, 2.75) is 25.8 Å². The normalized spacial score (nSPS) is 14.4. The van der Waals surface area contributed by atoms with Gasteiger partial charge in [-0.2, -0.15) is 0 Å². The zero-order valence-corrected chi connectivity index (χ0v) is 11.3. The molecule has 1 aromatic rings. The van der Waals surface area contributed by atoms with Crippen LogP contribution in [0, 0.1) is 5.92 Å². The molecule has 2 amide bonds. The van der Waals surface area contributed by atoms with Crippen molar-refractivity contribution in [3.05, 3.63) is 22.4 Å². The highest BCUT2D eigenvalue weighted by atomic mass is 32.1. The average Bonchev–Trinajstić information content (AvgIpc) is 3.04. The molecule has 100 valence electrons. The van der Waals surface area contributed by atoms with Crippen molar-refractivity contribution in [3.63, 3.8) is 0 Å². The predicted octanol–water partition coefficient (Wildman–Crippen LogP) is 2.36. The van der Waals surface area contributed by atoms with Gasteiger partial charge in [0.1, 0.15) is 0 Å². The standard InChI is InChI=1S/C13H20N2O2S/c16-13(15-9-12-3-1-8-18-12)14-6-2-7-17-10-11-4-5-11/h1,3,8,11H,2,4-7,9-10H2,(H2,14,15,16). The van der Waals surface area contributed by atoms with Crippen LogP contribution in [-0.4, -0.2) is 25.8 Å². The van der Waals surface area contributed by atoms with Crippen LogP contribution in [0.2, 0.25) is 0 Å². The third-order valence-corrected chi connectivity index (χ3v) is 3.68. The summed E-state index contributed by atoms with van der Waals surface area (Å²) >= 11 is 1.65. The number of ether oxygens (including phenoxy) is 1. The summed E-state index contributed by atoms with van der Waals surface area (Å²) in [5, 5.41) is 7.65. The van der Waals surface area contributed by atoms with E-state index in [9.17, 15) is 4.79 Å². The highest BCUT2D eigenvalue weighted by Crippen LogP contribution is 2.28. The van der Waals surface area contributed by atoms with Crippen molar-refractivity contribution in [3.8, 4) is 0 Å². The Labute approximate surface area is 112 Å². The summed E-state index contributed by atoms with van der Waals surface area (Å²) in [4.78, 5) is 12.6. The third kappa shape index (κ3) is 5.51. The van der Waals surface area contributed by atoms with E-state index in [1.165, 1.54) is 12.8 Å². The number of hydrogen-bond donors (Lipinski definition) is 2. The van der Waals surface area contributed by atoms with Crippen LogP contribution in [0.25, 0.3) is 0 Å². The Morgan fingerprint density at radius 1 is 1.44 bits per heavy atom. The summed E-state index contributed by atoms with van der Waals surface area (Å²) in [6.07, 6.45) is 3.52. The largest absolute Gasteiger partial charge is 0.381 e. The van der Waals surface area contributed by atoms with Gasteiger partial charge in [0.05, 0.1) is 6.54 Å². The molecule has 0 aromatic carbocycles. The van der Waals surface area contributed by atoms with Crippen molar-refractivity contribution in [2.75, 3.05) is 19.8 Å². The minimum atomic E-state index is -0.106. The number of carbonyl (C=O) groups is 1. The number of thiophene rings is 1. The molecule has 1 aliphatic rings. The fraction of sp³-hybridized carbons (Fsp3) is 0.615. The number of hydrogen-bond acceptors (Lipinski definition) is 3. The summed E-state index contributed by atoms with van der Waals surface area (Å²) in [5.41, 5.74) is 0. The van der Waals surface area contributed by atoms with Gasteiger partial charge in [0.2, 0.25) is 0 Å². The summed E-state index contributed by atoms with van der Waals surface area (Å²) in [6, 6.07) is 3.89. The molecule has 1 heterocycles. The first-order valence-corrected chi connectivity index (χ1v) is 7.34. The fourth-order valence-electron chi connectivity index (χ4n) is 1.55. The van der Waals surface area contributed by atoms with E-state index in [-0.39, 0.29) is 6.03 Å². The molecule has 1 aliphatic carbocycles. The second-order valence-electron chi connectivity index (χ2n) is 4.56. The van der Waals surface area contributed by atoms with Crippen molar-refractivity contribution in [1.29, 1.82) is 0 Å². The van der Waals surface area contributed by atoms with Crippen LogP contribution < -0.4 is 10.6 Å². The maximum Gasteiger partial charge on any atom is 0.315 e. The fourth-order valence-corrected chi connectivity index (χ4v) is 2.20. The van der Waals surface area contributed by atoms with Gasteiger partial charge in [0, 0.05) is 24.6 Å². The maximum absolute atomic E-state index is 11.4. The van der Waals surface area contributed by atoms with Gasteiger partial charge in [-0.1, -0.05) is 6.07 Å². The second-order valence-corrected chi connectivity index (χ2v) is 5.59. The molecule has 1 fully saturated rings. The van der Waals surface area contributed by atoms with E-state index in [4.69, 9.17) is 4.74 Å². The molecular weight excluding hydrogens is 248 g/mol. The Morgan fingerprint density at radius 2 is 2.33 bits per heavy atom. The first-order valence-electron chi connectivity index (χ1n) is 6.46. The lowest BCUT2D eigenvalue weighted by molar-refractivity contribution is 0.122. The number of rotatable bonds is 8. The molecule has 0 bridgehead atoms. The Morgan fingerprint density at radius 3 is 3.06 bits per heavy atom.